The molecule has 168 valence electrons. The zero-order chi connectivity index (χ0) is 21.3. The maximum Gasteiger partial charge on any atom is 0.193 e. The predicted molar refractivity (Wildman–Crippen MR) is 136 cm³/mol. The van der Waals surface area contributed by atoms with Crippen molar-refractivity contribution in [2.24, 2.45) is 4.99 Å². The van der Waals surface area contributed by atoms with Crippen LogP contribution in [-0.4, -0.2) is 61.1 Å². The van der Waals surface area contributed by atoms with Crippen molar-refractivity contribution >= 4 is 35.6 Å². The summed E-state index contributed by atoms with van der Waals surface area (Å²) in [7, 11) is 5.37. The lowest BCUT2D eigenvalue weighted by Gasteiger charge is -2.22. The molecule has 0 saturated carbocycles. The number of pyridine rings is 1. The number of fused-ring (bicyclic) bond motifs is 1. The van der Waals surface area contributed by atoms with E-state index in [2.05, 4.69) is 41.4 Å². The van der Waals surface area contributed by atoms with Crippen LogP contribution in [0.4, 0.5) is 0 Å². The summed E-state index contributed by atoms with van der Waals surface area (Å²) in [5.41, 5.74) is 3.21. The molecular formula is C23H32IN5O2. The summed E-state index contributed by atoms with van der Waals surface area (Å²) in [4.78, 5) is 11.6. The van der Waals surface area contributed by atoms with Gasteiger partial charge in [-0.1, -0.05) is 12.1 Å². The first kappa shape index (κ1) is 24.8. The number of benzene rings is 1. The second-order valence-corrected chi connectivity index (χ2v) is 7.04. The summed E-state index contributed by atoms with van der Waals surface area (Å²) in [6.07, 6.45) is 5.77. The Kier molecular flexibility index (Phi) is 9.90. The SMILES string of the molecule is CCNC(=NCCc1cn2ccccc2n1)N(C)CCc1ccc(OC)c(OC)c1.I. The van der Waals surface area contributed by atoms with E-state index < -0.39 is 0 Å². The highest BCUT2D eigenvalue weighted by Gasteiger charge is 2.09. The highest BCUT2D eigenvalue weighted by atomic mass is 127. The Morgan fingerprint density at radius 1 is 1.13 bits per heavy atom. The normalized spacial score (nSPS) is 11.2. The molecule has 0 atom stereocenters. The number of nitrogens with one attached hydrogen (secondary N) is 1. The minimum absolute atomic E-state index is 0. The van der Waals surface area contributed by atoms with Gasteiger partial charge in [-0.25, -0.2) is 4.98 Å². The molecule has 0 aliphatic carbocycles. The highest BCUT2D eigenvalue weighted by molar-refractivity contribution is 14.0. The Morgan fingerprint density at radius 3 is 2.65 bits per heavy atom. The summed E-state index contributed by atoms with van der Waals surface area (Å²) in [6.45, 7) is 4.44. The van der Waals surface area contributed by atoms with Crippen molar-refractivity contribution < 1.29 is 9.47 Å². The van der Waals surface area contributed by atoms with E-state index in [1.54, 1.807) is 14.2 Å². The number of methoxy groups -OCH3 is 2. The van der Waals surface area contributed by atoms with E-state index >= 15 is 0 Å². The van der Waals surface area contributed by atoms with Crippen LogP contribution >= 0.6 is 24.0 Å². The number of nitrogens with zero attached hydrogens (tertiary/aromatic N) is 4. The Labute approximate surface area is 201 Å². The standard InChI is InChI=1S/C23H31N5O2.HI/c1-5-24-23(25-13-11-19-17-28-14-7-6-8-22(28)26-19)27(2)15-12-18-9-10-20(29-3)21(16-18)30-4;/h6-10,14,16-17H,5,11-13,15H2,1-4H3,(H,24,25);1H. The van der Waals surface area contributed by atoms with Gasteiger partial charge in [-0.3, -0.25) is 4.99 Å². The molecule has 0 bridgehead atoms. The first-order valence-electron chi connectivity index (χ1n) is 10.3. The van der Waals surface area contributed by atoms with Gasteiger partial charge in [0.05, 0.1) is 19.9 Å². The lowest BCUT2D eigenvalue weighted by Crippen LogP contribution is -2.40. The molecule has 31 heavy (non-hydrogen) atoms. The van der Waals surface area contributed by atoms with Crippen LogP contribution in [0.3, 0.4) is 0 Å². The number of hydrogen-bond acceptors (Lipinski definition) is 4. The molecule has 0 unspecified atom stereocenters. The van der Waals surface area contributed by atoms with Crippen LogP contribution in [0.5, 0.6) is 11.5 Å². The van der Waals surface area contributed by atoms with Crippen molar-refractivity contribution in [3.05, 3.63) is 60.0 Å². The monoisotopic (exact) mass is 537 g/mol. The molecule has 3 aromatic rings. The van der Waals surface area contributed by atoms with Crippen LogP contribution in [-0.2, 0) is 12.8 Å². The topological polar surface area (TPSA) is 63.4 Å². The van der Waals surface area contributed by atoms with Gasteiger partial charge in [0.1, 0.15) is 5.65 Å². The van der Waals surface area contributed by atoms with Crippen molar-refractivity contribution in [2.75, 3.05) is 40.9 Å². The molecule has 0 saturated heterocycles. The minimum atomic E-state index is 0. The summed E-state index contributed by atoms with van der Waals surface area (Å²) >= 11 is 0. The van der Waals surface area contributed by atoms with E-state index in [0.717, 1.165) is 54.7 Å². The molecule has 0 radical (unpaired) electrons. The number of rotatable bonds is 9. The molecule has 2 aromatic heterocycles. The number of aromatic nitrogens is 2. The smallest absolute Gasteiger partial charge is 0.193 e. The average molecular weight is 537 g/mol. The Morgan fingerprint density at radius 2 is 1.94 bits per heavy atom. The van der Waals surface area contributed by atoms with Gasteiger partial charge in [0.15, 0.2) is 17.5 Å². The minimum Gasteiger partial charge on any atom is -0.493 e. The van der Waals surface area contributed by atoms with Crippen LogP contribution in [0.25, 0.3) is 5.65 Å². The Balaban J connectivity index is 0.00000341. The Bertz CT molecular complexity index is 956. The number of imidazole rings is 1. The van der Waals surface area contributed by atoms with Gasteiger partial charge in [0.2, 0.25) is 0 Å². The molecule has 1 aromatic carbocycles. The molecule has 2 heterocycles. The van der Waals surface area contributed by atoms with Crippen molar-refractivity contribution in [1.29, 1.82) is 0 Å². The highest BCUT2D eigenvalue weighted by Crippen LogP contribution is 2.27. The maximum absolute atomic E-state index is 5.40. The predicted octanol–water partition coefficient (Wildman–Crippen LogP) is 3.65. The molecule has 0 aliphatic rings. The number of aliphatic imine (C=N–C) groups is 1. The molecule has 0 spiro atoms. The number of guanidine groups is 1. The van der Waals surface area contributed by atoms with Crippen LogP contribution in [0.1, 0.15) is 18.2 Å². The third-order valence-electron chi connectivity index (χ3n) is 4.92. The Hall–Kier alpha value is -2.49. The fourth-order valence-electron chi connectivity index (χ4n) is 3.29. The second kappa shape index (κ2) is 12.4. The van der Waals surface area contributed by atoms with Gasteiger partial charge in [0, 0.05) is 45.5 Å². The van der Waals surface area contributed by atoms with Crippen molar-refractivity contribution in [2.45, 2.75) is 19.8 Å². The number of halogens is 1. The molecule has 1 N–H and O–H groups in total. The van der Waals surface area contributed by atoms with E-state index in [1.165, 1.54) is 5.56 Å². The molecule has 3 rings (SSSR count). The zero-order valence-corrected chi connectivity index (χ0v) is 21.0. The van der Waals surface area contributed by atoms with Crippen LogP contribution < -0.4 is 14.8 Å². The summed E-state index contributed by atoms with van der Waals surface area (Å²) in [5, 5.41) is 3.38. The first-order valence-corrected chi connectivity index (χ1v) is 10.3. The van der Waals surface area contributed by atoms with Crippen molar-refractivity contribution in [3.8, 4) is 11.5 Å². The number of ether oxygens (including phenoxy) is 2. The fraction of sp³-hybridized carbons (Fsp3) is 0.391. The largest absolute Gasteiger partial charge is 0.493 e. The zero-order valence-electron chi connectivity index (χ0n) is 18.7. The van der Waals surface area contributed by atoms with E-state index in [9.17, 15) is 0 Å². The molecule has 0 aliphatic heterocycles. The lowest BCUT2D eigenvalue weighted by molar-refractivity contribution is 0.354. The maximum atomic E-state index is 5.40. The summed E-state index contributed by atoms with van der Waals surface area (Å²) < 4.78 is 12.8. The van der Waals surface area contributed by atoms with E-state index in [4.69, 9.17) is 14.5 Å². The van der Waals surface area contributed by atoms with Gasteiger partial charge in [-0.2, -0.15) is 0 Å². The molecule has 8 heteroatoms. The van der Waals surface area contributed by atoms with Crippen LogP contribution in [0.2, 0.25) is 0 Å². The van der Waals surface area contributed by atoms with Gasteiger partial charge < -0.3 is 24.1 Å². The molecule has 0 fully saturated rings. The lowest BCUT2D eigenvalue weighted by atomic mass is 10.1. The molecular weight excluding hydrogens is 505 g/mol. The number of likely N-dealkylation sites (N-methyl/N-ethyl adjacent to an activating group) is 1. The van der Waals surface area contributed by atoms with Crippen LogP contribution in [0, 0.1) is 0 Å². The molecule has 7 nitrogen and oxygen atoms in total. The quantitative estimate of drug-likeness (QED) is 0.257. The molecule has 0 amide bonds. The summed E-state index contributed by atoms with van der Waals surface area (Å²) in [5.74, 6) is 2.41. The third-order valence-corrected chi connectivity index (χ3v) is 4.92. The van der Waals surface area contributed by atoms with Crippen molar-refractivity contribution in [3.63, 3.8) is 0 Å². The number of hydrogen-bond donors (Lipinski definition) is 1. The van der Waals surface area contributed by atoms with E-state index in [1.807, 2.05) is 40.9 Å². The van der Waals surface area contributed by atoms with Crippen LogP contribution in [0.15, 0.2) is 53.8 Å². The van der Waals surface area contributed by atoms with Gasteiger partial charge in [-0.15, -0.1) is 24.0 Å². The van der Waals surface area contributed by atoms with E-state index in [0.29, 0.717) is 6.54 Å². The van der Waals surface area contributed by atoms with Crippen molar-refractivity contribution in [1.82, 2.24) is 19.6 Å². The first-order chi connectivity index (χ1) is 14.6. The van der Waals surface area contributed by atoms with Gasteiger partial charge in [-0.05, 0) is 43.2 Å². The van der Waals surface area contributed by atoms with Gasteiger partial charge in [0.25, 0.3) is 0 Å². The summed E-state index contributed by atoms with van der Waals surface area (Å²) in [6, 6.07) is 12.1. The third kappa shape index (κ3) is 6.75. The average Bonchev–Trinajstić information content (AvgIpc) is 3.19. The van der Waals surface area contributed by atoms with E-state index in [-0.39, 0.29) is 24.0 Å². The van der Waals surface area contributed by atoms with Gasteiger partial charge >= 0.3 is 0 Å². The second-order valence-electron chi connectivity index (χ2n) is 7.04. The fourth-order valence-corrected chi connectivity index (χ4v) is 3.29.